The standard InChI is InChI=1S/C22H29N5O2/c1-6-25-9-11-26(12-10-25)22-15(2)16(3)23-21-14-18(24-27(21)22)17-7-8-19(28-4)20(13-17)29-5/h7-8,13-14H,6,9-12H2,1-5H3. The van der Waals surface area contributed by atoms with Crippen LogP contribution >= 0.6 is 0 Å². The number of rotatable bonds is 5. The van der Waals surface area contributed by atoms with Crippen molar-refractivity contribution in [1.82, 2.24) is 19.5 Å². The number of likely N-dealkylation sites (N-methyl/N-ethyl adjacent to an activating group) is 1. The molecule has 1 fully saturated rings. The third-order valence-corrected chi connectivity index (χ3v) is 5.85. The lowest BCUT2D eigenvalue weighted by molar-refractivity contribution is 0.270. The maximum absolute atomic E-state index is 5.46. The van der Waals surface area contributed by atoms with Gasteiger partial charge >= 0.3 is 0 Å². The van der Waals surface area contributed by atoms with Crippen LogP contribution in [0.2, 0.25) is 0 Å². The van der Waals surface area contributed by atoms with Crippen molar-refractivity contribution in [2.24, 2.45) is 0 Å². The second kappa shape index (κ2) is 7.91. The highest BCUT2D eigenvalue weighted by Crippen LogP contribution is 2.33. The molecule has 3 aromatic rings. The largest absolute Gasteiger partial charge is 0.493 e. The molecule has 7 heteroatoms. The first-order chi connectivity index (χ1) is 14.0. The monoisotopic (exact) mass is 395 g/mol. The minimum atomic E-state index is 0.693. The number of fused-ring (bicyclic) bond motifs is 1. The van der Waals surface area contributed by atoms with Crippen LogP contribution < -0.4 is 14.4 Å². The first kappa shape index (κ1) is 19.5. The Labute approximate surface area is 171 Å². The second-order valence-corrected chi connectivity index (χ2v) is 7.44. The molecule has 1 saturated heterocycles. The molecule has 2 aromatic heterocycles. The summed E-state index contributed by atoms with van der Waals surface area (Å²) < 4.78 is 12.8. The number of benzene rings is 1. The predicted molar refractivity (Wildman–Crippen MR) is 115 cm³/mol. The molecule has 1 aliphatic rings. The predicted octanol–water partition coefficient (Wildman–Crippen LogP) is 3.17. The van der Waals surface area contributed by atoms with Gasteiger partial charge in [-0.25, -0.2) is 4.98 Å². The number of piperazine rings is 1. The van der Waals surface area contributed by atoms with E-state index in [9.17, 15) is 0 Å². The van der Waals surface area contributed by atoms with Crippen LogP contribution in [0.15, 0.2) is 24.3 Å². The van der Waals surface area contributed by atoms with Gasteiger partial charge in [-0.05, 0) is 38.6 Å². The number of ether oxygens (including phenoxy) is 2. The van der Waals surface area contributed by atoms with Crippen molar-refractivity contribution in [3.63, 3.8) is 0 Å². The topological polar surface area (TPSA) is 55.1 Å². The number of nitrogens with zero attached hydrogens (tertiary/aromatic N) is 5. The molecule has 0 unspecified atom stereocenters. The van der Waals surface area contributed by atoms with Crippen LogP contribution in [0.3, 0.4) is 0 Å². The molecule has 0 saturated carbocycles. The van der Waals surface area contributed by atoms with E-state index in [4.69, 9.17) is 19.6 Å². The van der Waals surface area contributed by atoms with Gasteiger partial charge in [-0.1, -0.05) is 6.92 Å². The number of hydrogen-bond donors (Lipinski definition) is 0. The van der Waals surface area contributed by atoms with Crippen molar-refractivity contribution in [3.8, 4) is 22.8 Å². The van der Waals surface area contributed by atoms with Crippen molar-refractivity contribution < 1.29 is 9.47 Å². The normalized spacial score (nSPS) is 15.1. The molecule has 4 rings (SSSR count). The van der Waals surface area contributed by atoms with Crippen LogP contribution in [0.4, 0.5) is 5.82 Å². The number of aryl methyl sites for hydroxylation is 1. The lowest BCUT2D eigenvalue weighted by atomic mass is 10.1. The Kier molecular flexibility index (Phi) is 5.32. The fraction of sp³-hybridized carbons (Fsp3) is 0.455. The van der Waals surface area contributed by atoms with E-state index in [1.807, 2.05) is 28.8 Å². The van der Waals surface area contributed by atoms with Gasteiger partial charge in [0.05, 0.1) is 19.9 Å². The summed E-state index contributed by atoms with van der Waals surface area (Å²) in [5.74, 6) is 2.55. The molecule has 0 aliphatic carbocycles. The molecule has 0 spiro atoms. The van der Waals surface area contributed by atoms with Gasteiger partial charge in [-0.2, -0.15) is 9.61 Å². The molecule has 0 amide bonds. The third-order valence-electron chi connectivity index (χ3n) is 5.85. The highest BCUT2D eigenvalue weighted by Gasteiger charge is 2.22. The highest BCUT2D eigenvalue weighted by atomic mass is 16.5. The van der Waals surface area contributed by atoms with Gasteiger partial charge in [0, 0.05) is 49.1 Å². The Hall–Kier alpha value is -2.80. The molecule has 0 N–H and O–H groups in total. The molecule has 0 radical (unpaired) electrons. The van der Waals surface area contributed by atoms with Gasteiger partial charge in [0.2, 0.25) is 0 Å². The van der Waals surface area contributed by atoms with E-state index >= 15 is 0 Å². The van der Waals surface area contributed by atoms with Crippen LogP contribution in [-0.2, 0) is 0 Å². The molecule has 154 valence electrons. The van der Waals surface area contributed by atoms with E-state index in [0.29, 0.717) is 11.5 Å². The second-order valence-electron chi connectivity index (χ2n) is 7.44. The Morgan fingerprint density at radius 3 is 2.34 bits per heavy atom. The molecule has 0 atom stereocenters. The average molecular weight is 396 g/mol. The van der Waals surface area contributed by atoms with Crippen molar-refractivity contribution in [2.75, 3.05) is 51.8 Å². The SMILES string of the molecule is CCN1CCN(c2c(C)c(C)nc3cc(-c4ccc(OC)c(OC)c4)nn23)CC1. The quantitative estimate of drug-likeness (QED) is 0.661. The van der Waals surface area contributed by atoms with Crippen LogP contribution in [0, 0.1) is 13.8 Å². The zero-order valence-corrected chi connectivity index (χ0v) is 17.9. The number of anilines is 1. The van der Waals surface area contributed by atoms with E-state index in [1.165, 1.54) is 5.56 Å². The molecular weight excluding hydrogens is 366 g/mol. The van der Waals surface area contributed by atoms with Crippen molar-refractivity contribution in [2.45, 2.75) is 20.8 Å². The van der Waals surface area contributed by atoms with Gasteiger partial charge in [0.1, 0.15) is 5.82 Å². The van der Waals surface area contributed by atoms with Crippen molar-refractivity contribution >= 4 is 11.5 Å². The number of hydrogen-bond acceptors (Lipinski definition) is 6. The molecule has 3 heterocycles. The average Bonchev–Trinajstić information content (AvgIpc) is 3.17. The van der Waals surface area contributed by atoms with E-state index in [2.05, 4.69) is 30.6 Å². The zero-order chi connectivity index (χ0) is 20.5. The zero-order valence-electron chi connectivity index (χ0n) is 17.9. The van der Waals surface area contributed by atoms with Crippen LogP contribution in [0.1, 0.15) is 18.2 Å². The van der Waals surface area contributed by atoms with E-state index < -0.39 is 0 Å². The van der Waals surface area contributed by atoms with Crippen LogP contribution in [-0.4, -0.2) is 66.4 Å². The maximum atomic E-state index is 5.46. The first-order valence-electron chi connectivity index (χ1n) is 10.1. The Balaban J connectivity index is 1.78. The maximum Gasteiger partial charge on any atom is 0.161 e. The van der Waals surface area contributed by atoms with Gasteiger partial charge in [-0.3, -0.25) is 0 Å². The van der Waals surface area contributed by atoms with Crippen molar-refractivity contribution in [1.29, 1.82) is 0 Å². The molecular formula is C22H29N5O2. The Bertz CT molecular complexity index is 1020. The Morgan fingerprint density at radius 2 is 1.69 bits per heavy atom. The molecule has 29 heavy (non-hydrogen) atoms. The summed E-state index contributed by atoms with van der Waals surface area (Å²) in [4.78, 5) is 9.71. The third kappa shape index (κ3) is 3.51. The summed E-state index contributed by atoms with van der Waals surface area (Å²) in [5.41, 5.74) is 4.95. The van der Waals surface area contributed by atoms with Gasteiger partial charge in [0.25, 0.3) is 0 Å². The fourth-order valence-electron chi connectivity index (χ4n) is 3.97. The summed E-state index contributed by atoms with van der Waals surface area (Å²) in [6.45, 7) is 11.7. The molecule has 0 bridgehead atoms. The first-order valence-corrected chi connectivity index (χ1v) is 10.1. The van der Waals surface area contributed by atoms with Gasteiger partial charge < -0.3 is 19.3 Å². The van der Waals surface area contributed by atoms with Gasteiger partial charge in [-0.15, -0.1) is 0 Å². The summed E-state index contributed by atoms with van der Waals surface area (Å²) in [6.07, 6.45) is 0. The summed E-state index contributed by atoms with van der Waals surface area (Å²) in [7, 11) is 3.29. The summed E-state index contributed by atoms with van der Waals surface area (Å²) in [6, 6.07) is 7.91. The summed E-state index contributed by atoms with van der Waals surface area (Å²) in [5, 5.41) is 4.93. The molecule has 1 aromatic carbocycles. The van der Waals surface area contributed by atoms with E-state index in [0.717, 1.165) is 61.1 Å². The minimum Gasteiger partial charge on any atom is -0.493 e. The van der Waals surface area contributed by atoms with Crippen LogP contribution in [0.25, 0.3) is 16.9 Å². The Morgan fingerprint density at radius 1 is 0.966 bits per heavy atom. The number of aromatic nitrogens is 3. The van der Waals surface area contributed by atoms with E-state index in [1.54, 1.807) is 14.2 Å². The lowest BCUT2D eigenvalue weighted by Crippen LogP contribution is -2.47. The van der Waals surface area contributed by atoms with Crippen LogP contribution in [0.5, 0.6) is 11.5 Å². The van der Waals surface area contributed by atoms with Gasteiger partial charge in [0.15, 0.2) is 17.1 Å². The number of methoxy groups -OCH3 is 2. The van der Waals surface area contributed by atoms with Crippen molar-refractivity contribution in [3.05, 3.63) is 35.5 Å². The highest BCUT2D eigenvalue weighted by molar-refractivity contribution is 5.69. The minimum absolute atomic E-state index is 0.693. The lowest BCUT2D eigenvalue weighted by Gasteiger charge is -2.36. The summed E-state index contributed by atoms with van der Waals surface area (Å²) >= 11 is 0. The smallest absolute Gasteiger partial charge is 0.161 e. The van der Waals surface area contributed by atoms with E-state index in [-0.39, 0.29) is 0 Å². The molecule has 1 aliphatic heterocycles. The molecule has 7 nitrogen and oxygen atoms in total. The fourth-order valence-corrected chi connectivity index (χ4v) is 3.97.